The largest absolute Gasteiger partial charge is 0.309 e. The van der Waals surface area contributed by atoms with Crippen LogP contribution in [0.2, 0.25) is 0 Å². The summed E-state index contributed by atoms with van der Waals surface area (Å²) in [5, 5.41) is 11.6. The minimum absolute atomic E-state index is 0.0194. The Hall–Kier alpha value is -2.49. The number of nitro groups is 1. The van der Waals surface area contributed by atoms with Crippen LogP contribution in [0.15, 0.2) is 47.4 Å². The van der Waals surface area contributed by atoms with Crippen molar-refractivity contribution in [3.8, 4) is 0 Å². The predicted molar refractivity (Wildman–Crippen MR) is 119 cm³/mol. The van der Waals surface area contributed by atoms with E-state index in [1.807, 2.05) is 44.6 Å². The molecule has 0 saturated heterocycles. The molecule has 0 saturated carbocycles. The second kappa shape index (κ2) is 9.34. The topological polar surface area (TPSA) is 79.6 Å². The quantitative estimate of drug-likeness (QED) is 0.297. The van der Waals surface area contributed by atoms with Gasteiger partial charge < -0.3 is 4.90 Å². The lowest BCUT2D eigenvalue weighted by molar-refractivity contribution is -0.384. The average Bonchev–Trinajstić information content (AvgIpc) is 3.13. The smallest absolute Gasteiger partial charge is 0.270 e. The molecule has 1 amide bonds. The fourth-order valence-corrected chi connectivity index (χ4v) is 4.54. The number of nitro benzene ring substituents is 1. The number of anilines is 1. The van der Waals surface area contributed by atoms with E-state index in [4.69, 9.17) is 0 Å². The van der Waals surface area contributed by atoms with Crippen LogP contribution in [0.1, 0.15) is 16.8 Å². The number of thiazole rings is 1. The van der Waals surface area contributed by atoms with Gasteiger partial charge in [-0.15, -0.1) is 11.8 Å². The van der Waals surface area contributed by atoms with Gasteiger partial charge >= 0.3 is 0 Å². The lowest BCUT2D eigenvalue weighted by atomic mass is 10.2. The van der Waals surface area contributed by atoms with E-state index in [0.29, 0.717) is 27.5 Å². The van der Waals surface area contributed by atoms with Gasteiger partial charge in [0, 0.05) is 23.6 Å². The number of hydrogen-bond donors (Lipinski definition) is 0. The number of rotatable bonds is 8. The molecule has 0 bridgehead atoms. The zero-order valence-corrected chi connectivity index (χ0v) is 18.1. The molecule has 0 fully saturated rings. The Morgan fingerprint density at radius 2 is 1.97 bits per heavy atom. The molecule has 0 atom stereocenters. The van der Waals surface area contributed by atoms with Crippen LogP contribution in [-0.4, -0.2) is 54.2 Å². The predicted octanol–water partition coefficient (Wildman–Crippen LogP) is 4.52. The fraction of sp³-hybridized carbons (Fsp3) is 0.300. The van der Waals surface area contributed by atoms with Gasteiger partial charge in [0.2, 0.25) is 0 Å². The molecule has 7 nitrogen and oxygen atoms in total. The van der Waals surface area contributed by atoms with E-state index in [1.54, 1.807) is 11.0 Å². The highest BCUT2D eigenvalue weighted by atomic mass is 32.2. The number of non-ortho nitro benzene ring substituents is 1. The molecule has 3 aromatic rings. The summed E-state index contributed by atoms with van der Waals surface area (Å²) in [7, 11) is 3.98. The summed E-state index contributed by atoms with van der Waals surface area (Å²) in [5.74, 6) is -0.109. The van der Waals surface area contributed by atoms with Crippen molar-refractivity contribution in [2.45, 2.75) is 11.3 Å². The van der Waals surface area contributed by atoms with Crippen molar-refractivity contribution in [1.29, 1.82) is 0 Å². The highest BCUT2D eigenvalue weighted by Crippen LogP contribution is 2.33. The number of aromatic nitrogens is 1. The molecule has 0 aliphatic carbocycles. The number of carbonyl (C=O) groups excluding carboxylic acids is 1. The Balaban J connectivity index is 1.99. The number of amides is 1. The highest BCUT2D eigenvalue weighted by Gasteiger charge is 2.23. The summed E-state index contributed by atoms with van der Waals surface area (Å²) in [6.07, 6.45) is 2.73. The van der Waals surface area contributed by atoms with E-state index in [9.17, 15) is 14.9 Å². The molecule has 9 heteroatoms. The van der Waals surface area contributed by atoms with Crippen LogP contribution < -0.4 is 4.90 Å². The number of hydrogen-bond acceptors (Lipinski definition) is 7. The molecule has 0 radical (unpaired) electrons. The van der Waals surface area contributed by atoms with Crippen LogP contribution in [-0.2, 0) is 0 Å². The first-order chi connectivity index (χ1) is 13.9. The molecule has 152 valence electrons. The van der Waals surface area contributed by atoms with Crippen molar-refractivity contribution < 1.29 is 9.72 Å². The number of nitrogens with zero attached hydrogens (tertiary/aromatic N) is 4. The van der Waals surface area contributed by atoms with Crippen molar-refractivity contribution in [1.82, 2.24) is 9.88 Å². The molecule has 1 aromatic heterocycles. The molecule has 2 aromatic carbocycles. The maximum atomic E-state index is 13.4. The zero-order valence-electron chi connectivity index (χ0n) is 16.5. The van der Waals surface area contributed by atoms with Gasteiger partial charge in [0.15, 0.2) is 5.13 Å². The van der Waals surface area contributed by atoms with Gasteiger partial charge in [-0.1, -0.05) is 23.5 Å². The summed E-state index contributed by atoms with van der Waals surface area (Å²) in [6, 6.07) is 12.1. The maximum absolute atomic E-state index is 13.4. The molecule has 0 spiro atoms. The number of carbonyl (C=O) groups is 1. The minimum Gasteiger partial charge on any atom is -0.309 e. The van der Waals surface area contributed by atoms with Crippen molar-refractivity contribution >= 4 is 50.0 Å². The van der Waals surface area contributed by atoms with Gasteiger partial charge in [-0.05, 0) is 51.5 Å². The van der Waals surface area contributed by atoms with Crippen LogP contribution in [0.25, 0.3) is 10.2 Å². The second-order valence-corrected chi connectivity index (χ2v) is 8.58. The molecule has 0 aliphatic heterocycles. The van der Waals surface area contributed by atoms with Gasteiger partial charge in [0.1, 0.15) is 0 Å². The normalized spacial score (nSPS) is 11.2. The Labute approximate surface area is 177 Å². The van der Waals surface area contributed by atoms with Crippen molar-refractivity contribution in [2.24, 2.45) is 0 Å². The lowest BCUT2D eigenvalue weighted by Gasteiger charge is -2.22. The Morgan fingerprint density at radius 3 is 2.66 bits per heavy atom. The first-order valence-electron chi connectivity index (χ1n) is 9.05. The SMILES string of the molecule is CSc1ccccc1C(=O)N(CCCN(C)C)c1nc2ccc([N+](=O)[O-])cc2s1. The Kier molecular flexibility index (Phi) is 6.83. The van der Waals surface area contributed by atoms with E-state index in [-0.39, 0.29) is 11.6 Å². The van der Waals surface area contributed by atoms with E-state index in [2.05, 4.69) is 9.88 Å². The third-order valence-electron chi connectivity index (χ3n) is 4.37. The van der Waals surface area contributed by atoms with Crippen LogP contribution in [0, 0.1) is 10.1 Å². The van der Waals surface area contributed by atoms with Gasteiger partial charge in [-0.2, -0.15) is 0 Å². The van der Waals surface area contributed by atoms with Crippen LogP contribution in [0.3, 0.4) is 0 Å². The molecule has 0 N–H and O–H groups in total. The first kappa shape index (κ1) is 21.2. The van der Waals surface area contributed by atoms with Gasteiger partial charge in [-0.25, -0.2) is 4.98 Å². The van der Waals surface area contributed by atoms with Crippen LogP contribution >= 0.6 is 23.1 Å². The summed E-state index contributed by atoms with van der Waals surface area (Å²) < 4.78 is 0.692. The highest BCUT2D eigenvalue weighted by molar-refractivity contribution is 7.98. The monoisotopic (exact) mass is 430 g/mol. The van der Waals surface area contributed by atoms with Crippen molar-refractivity contribution in [3.05, 3.63) is 58.1 Å². The summed E-state index contributed by atoms with van der Waals surface area (Å²) >= 11 is 2.83. The summed E-state index contributed by atoms with van der Waals surface area (Å²) in [5.41, 5.74) is 1.31. The fourth-order valence-electron chi connectivity index (χ4n) is 2.93. The molecule has 29 heavy (non-hydrogen) atoms. The average molecular weight is 431 g/mol. The van der Waals surface area contributed by atoms with Crippen molar-refractivity contribution in [3.63, 3.8) is 0 Å². The molecular formula is C20H22N4O3S2. The molecular weight excluding hydrogens is 408 g/mol. The van der Waals surface area contributed by atoms with Crippen LogP contribution in [0.4, 0.5) is 10.8 Å². The summed E-state index contributed by atoms with van der Waals surface area (Å²) in [4.78, 5) is 33.3. The number of thioether (sulfide) groups is 1. The number of benzene rings is 2. The third-order valence-corrected chi connectivity index (χ3v) is 6.21. The molecule has 0 aliphatic rings. The lowest BCUT2D eigenvalue weighted by Crippen LogP contribution is -2.33. The van der Waals surface area contributed by atoms with Crippen molar-refractivity contribution in [2.75, 3.05) is 38.3 Å². The Bertz CT molecular complexity index is 1040. The minimum atomic E-state index is -0.423. The maximum Gasteiger partial charge on any atom is 0.270 e. The van der Waals surface area contributed by atoms with E-state index >= 15 is 0 Å². The van der Waals surface area contributed by atoms with E-state index in [1.165, 1.54) is 35.2 Å². The second-order valence-electron chi connectivity index (χ2n) is 6.72. The van der Waals surface area contributed by atoms with E-state index < -0.39 is 4.92 Å². The summed E-state index contributed by atoms with van der Waals surface area (Å²) in [6.45, 7) is 1.35. The first-order valence-corrected chi connectivity index (χ1v) is 11.1. The standard InChI is InChI=1S/C20H22N4O3S2/c1-22(2)11-6-12-23(19(25)15-7-4-5-8-17(15)28-3)20-21-16-10-9-14(24(26)27)13-18(16)29-20/h4-5,7-10,13H,6,11-12H2,1-3H3. The van der Waals surface area contributed by atoms with Gasteiger partial charge in [0.05, 0.1) is 20.7 Å². The molecule has 0 unspecified atom stereocenters. The Morgan fingerprint density at radius 1 is 1.21 bits per heavy atom. The third kappa shape index (κ3) is 4.92. The van der Waals surface area contributed by atoms with Crippen LogP contribution in [0.5, 0.6) is 0 Å². The zero-order chi connectivity index (χ0) is 21.0. The number of fused-ring (bicyclic) bond motifs is 1. The van der Waals surface area contributed by atoms with E-state index in [0.717, 1.165) is 17.9 Å². The van der Waals surface area contributed by atoms with Gasteiger partial charge in [-0.3, -0.25) is 19.8 Å². The van der Waals surface area contributed by atoms with Gasteiger partial charge in [0.25, 0.3) is 11.6 Å². The molecule has 3 rings (SSSR count). The molecule has 1 heterocycles.